The topological polar surface area (TPSA) is 47.7 Å². The van der Waals surface area contributed by atoms with Gasteiger partial charge in [0, 0.05) is 25.2 Å². The molecule has 0 unspecified atom stereocenters. The molecule has 3 rings (SSSR count). The zero-order valence-corrected chi connectivity index (χ0v) is 10.9. The van der Waals surface area contributed by atoms with Crippen molar-refractivity contribution in [1.82, 2.24) is 0 Å². The number of hydrogen-bond acceptors (Lipinski definition) is 4. The molecule has 2 saturated heterocycles. The van der Waals surface area contributed by atoms with Crippen LogP contribution in [0.4, 0.5) is 10.1 Å². The predicted octanol–water partition coefficient (Wildman–Crippen LogP) is 1.63. The smallest absolute Gasteiger partial charge is 0.186 e. The molecule has 19 heavy (non-hydrogen) atoms. The molecule has 2 fully saturated rings. The summed E-state index contributed by atoms with van der Waals surface area (Å²) < 4.78 is 24.8. The van der Waals surface area contributed by atoms with Crippen LogP contribution in [0.2, 0.25) is 0 Å². The maximum atomic E-state index is 13.3. The number of halogens is 1. The van der Waals surface area contributed by atoms with E-state index in [0.29, 0.717) is 26.3 Å². The first kappa shape index (κ1) is 12.8. The fourth-order valence-corrected chi connectivity index (χ4v) is 2.95. The van der Waals surface area contributed by atoms with Crippen LogP contribution in [0.1, 0.15) is 18.4 Å². The van der Waals surface area contributed by atoms with Crippen LogP contribution in [0, 0.1) is 5.82 Å². The number of ether oxygens (including phenoxy) is 2. The zero-order chi connectivity index (χ0) is 13.3. The van der Waals surface area contributed by atoms with Gasteiger partial charge < -0.3 is 20.1 Å². The Morgan fingerprint density at radius 1 is 1.32 bits per heavy atom. The minimum Gasteiger partial charge on any atom is -0.366 e. The van der Waals surface area contributed by atoms with Gasteiger partial charge in [0.1, 0.15) is 5.82 Å². The van der Waals surface area contributed by atoms with Crippen LogP contribution in [0.3, 0.4) is 0 Å². The van der Waals surface area contributed by atoms with Gasteiger partial charge in [-0.15, -0.1) is 0 Å². The fourth-order valence-electron chi connectivity index (χ4n) is 2.95. The summed E-state index contributed by atoms with van der Waals surface area (Å²) in [5.74, 6) is -0.720. The molecule has 5 heteroatoms. The van der Waals surface area contributed by atoms with E-state index in [1.165, 1.54) is 12.1 Å². The lowest BCUT2D eigenvalue weighted by molar-refractivity contribution is -0.161. The van der Waals surface area contributed by atoms with Gasteiger partial charge >= 0.3 is 0 Å². The second-order valence-corrected chi connectivity index (χ2v) is 5.11. The molecular weight excluding hydrogens is 247 g/mol. The third-order valence-corrected chi connectivity index (χ3v) is 3.83. The van der Waals surface area contributed by atoms with Gasteiger partial charge in [0.05, 0.1) is 19.8 Å². The Kier molecular flexibility index (Phi) is 3.43. The molecule has 0 amide bonds. The molecule has 1 aromatic rings. The van der Waals surface area contributed by atoms with Crippen LogP contribution in [0.15, 0.2) is 18.2 Å². The minimum atomic E-state index is -0.474. The van der Waals surface area contributed by atoms with Crippen LogP contribution in [0.25, 0.3) is 0 Å². The first-order valence-electron chi connectivity index (χ1n) is 6.74. The molecule has 0 bridgehead atoms. The lowest BCUT2D eigenvalue weighted by Gasteiger charge is -2.40. The van der Waals surface area contributed by atoms with Crippen molar-refractivity contribution in [3.63, 3.8) is 0 Å². The van der Waals surface area contributed by atoms with Crippen molar-refractivity contribution in [2.24, 2.45) is 5.73 Å². The van der Waals surface area contributed by atoms with E-state index in [0.717, 1.165) is 30.6 Å². The van der Waals surface area contributed by atoms with Crippen LogP contribution in [-0.2, 0) is 16.0 Å². The fraction of sp³-hybridized carbons (Fsp3) is 0.571. The van der Waals surface area contributed by atoms with Crippen molar-refractivity contribution < 1.29 is 13.9 Å². The lowest BCUT2D eigenvalue weighted by atomic mass is 10.0. The van der Waals surface area contributed by atoms with Gasteiger partial charge in [0.15, 0.2) is 5.79 Å². The molecular formula is C14H19FN2O2. The van der Waals surface area contributed by atoms with Crippen LogP contribution in [0.5, 0.6) is 0 Å². The SMILES string of the molecule is NCc1cc(F)ccc1N1CCCC2(C1)OCCO2. The highest BCUT2D eigenvalue weighted by Crippen LogP contribution is 2.33. The summed E-state index contributed by atoms with van der Waals surface area (Å²) in [5.41, 5.74) is 7.53. The summed E-state index contributed by atoms with van der Waals surface area (Å²) in [5, 5.41) is 0. The number of rotatable bonds is 2. The molecule has 0 radical (unpaired) electrons. The van der Waals surface area contributed by atoms with Crippen molar-refractivity contribution in [3.8, 4) is 0 Å². The Morgan fingerprint density at radius 2 is 2.11 bits per heavy atom. The number of nitrogens with two attached hydrogens (primary N) is 1. The molecule has 4 nitrogen and oxygen atoms in total. The average Bonchev–Trinajstić information content (AvgIpc) is 2.86. The number of anilines is 1. The van der Waals surface area contributed by atoms with Crippen molar-refractivity contribution in [1.29, 1.82) is 0 Å². The van der Waals surface area contributed by atoms with Crippen LogP contribution < -0.4 is 10.6 Å². The molecule has 0 saturated carbocycles. The molecule has 0 atom stereocenters. The van der Waals surface area contributed by atoms with Crippen LogP contribution >= 0.6 is 0 Å². The normalized spacial score (nSPS) is 22.1. The standard InChI is InChI=1S/C14H19FN2O2/c15-12-2-3-13(11(8-12)9-16)17-5-1-4-14(10-17)18-6-7-19-14/h2-3,8H,1,4-7,9-10,16H2. The second kappa shape index (κ2) is 5.07. The Balaban J connectivity index is 1.85. The molecule has 2 heterocycles. The summed E-state index contributed by atoms with van der Waals surface area (Å²) in [7, 11) is 0. The number of piperidine rings is 1. The number of benzene rings is 1. The van der Waals surface area contributed by atoms with Crippen molar-refractivity contribution in [2.45, 2.75) is 25.2 Å². The molecule has 1 aromatic carbocycles. The molecule has 2 aliphatic rings. The van der Waals surface area contributed by atoms with E-state index in [2.05, 4.69) is 4.90 Å². The van der Waals surface area contributed by atoms with E-state index in [1.54, 1.807) is 6.07 Å². The molecule has 2 N–H and O–H groups in total. The number of hydrogen-bond donors (Lipinski definition) is 1. The summed E-state index contributed by atoms with van der Waals surface area (Å²) in [6.07, 6.45) is 1.92. The monoisotopic (exact) mass is 266 g/mol. The van der Waals surface area contributed by atoms with E-state index in [1.807, 2.05) is 0 Å². The Hall–Kier alpha value is -1.17. The summed E-state index contributed by atoms with van der Waals surface area (Å²) in [4.78, 5) is 2.19. The average molecular weight is 266 g/mol. The Bertz CT molecular complexity index is 461. The van der Waals surface area contributed by atoms with Gasteiger partial charge in [-0.05, 0) is 30.2 Å². The van der Waals surface area contributed by atoms with Gasteiger partial charge in [0.2, 0.25) is 0 Å². The van der Waals surface area contributed by atoms with Gasteiger partial charge in [-0.25, -0.2) is 4.39 Å². The van der Waals surface area contributed by atoms with Gasteiger partial charge in [-0.3, -0.25) is 0 Å². The molecule has 0 aromatic heterocycles. The van der Waals surface area contributed by atoms with Crippen molar-refractivity contribution in [2.75, 3.05) is 31.2 Å². The summed E-state index contributed by atoms with van der Waals surface area (Å²) in [6.45, 7) is 3.25. The van der Waals surface area contributed by atoms with Gasteiger partial charge in [-0.2, -0.15) is 0 Å². The highest BCUT2D eigenvalue weighted by Gasteiger charge is 2.41. The first-order valence-corrected chi connectivity index (χ1v) is 6.74. The summed E-state index contributed by atoms with van der Waals surface area (Å²) in [6, 6.07) is 4.78. The van der Waals surface area contributed by atoms with Gasteiger partial charge in [0.25, 0.3) is 0 Å². The second-order valence-electron chi connectivity index (χ2n) is 5.11. The van der Waals surface area contributed by atoms with Crippen molar-refractivity contribution >= 4 is 5.69 Å². The highest BCUT2D eigenvalue weighted by atomic mass is 19.1. The quantitative estimate of drug-likeness (QED) is 0.884. The number of nitrogens with zero attached hydrogens (tertiary/aromatic N) is 1. The first-order chi connectivity index (χ1) is 9.22. The highest BCUT2D eigenvalue weighted by molar-refractivity contribution is 5.54. The van der Waals surface area contributed by atoms with E-state index in [-0.39, 0.29) is 5.82 Å². The third-order valence-electron chi connectivity index (χ3n) is 3.83. The van der Waals surface area contributed by atoms with Gasteiger partial charge in [-0.1, -0.05) is 0 Å². The largest absolute Gasteiger partial charge is 0.366 e. The van der Waals surface area contributed by atoms with Crippen LogP contribution in [-0.4, -0.2) is 32.1 Å². The molecule has 1 spiro atoms. The van der Waals surface area contributed by atoms with E-state index < -0.39 is 5.79 Å². The molecule has 2 aliphatic heterocycles. The summed E-state index contributed by atoms with van der Waals surface area (Å²) >= 11 is 0. The Morgan fingerprint density at radius 3 is 2.84 bits per heavy atom. The Labute approximate surface area is 112 Å². The molecule has 0 aliphatic carbocycles. The maximum absolute atomic E-state index is 13.3. The maximum Gasteiger partial charge on any atom is 0.186 e. The van der Waals surface area contributed by atoms with E-state index in [4.69, 9.17) is 15.2 Å². The third kappa shape index (κ3) is 2.45. The van der Waals surface area contributed by atoms with Crippen molar-refractivity contribution in [3.05, 3.63) is 29.6 Å². The lowest BCUT2D eigenvalue weighted by Crippen LogP contribution is -2.49. The van der Waals surface area contributed by atoms with E-state index >= 15 is 0 Å². The predicted molar refractivity (Wildman–Crippen MR) is 70.4 cm³/mol. The zero-order valence-electron chi connectivity index (χ0n) is 10.9. The van der Waals surface area contributed by atoms with E-state index in [9.17, 15) is 4.39 Å². The molecule has 104 valence electrons. The minimum absolute atomic E-state index is 0.246.